The summed E-state index contributed by atoms with van der Waals surface area (Å²) in [5.74, 6) is 0.587. The molecule has 1 fully saturated rings. The van der Waals surface area contributed by atoms with E-state index in [9.17, 15) is 9.59 Å². The van der Waals surface area contributed by atoms with E-state index in [0.29, 0.717) is 22.2 Å². The number of benzene rings is 1. The summed E-state index contributed by atoms with van der Waals surface area (Å²) in [6.45, 7) is 8.33. The Morgan fingerprint density at radius 2 is 1.82 bits per heavy atom. The smallest absolute Gasteiger partial charge is 0.259 e. The predicted molar refractivity (Wildman–Crippen MR) is 113 cm³/mol. The number of aldehydes is 1. The Bertz CT molecular complexity index is 831. The second-order valence-corrected chi connectivity index (χ2v) is 7.93. The van der Waals surface area contributed by atoms with Crippen LogP contribution >= 0.6 is 0 Å². The first-order chi connectivity index (χ1) is 13.5. The van der Waals surface area contributed by atoms with E-state index >= 15 is 0 Å². The molecule has 0 radical (unpaired) electrons. The molecule has 1 aromatic heterocycles. The molecule has 0 spiro atoms. The fourth-order valence-corrected chi connectivity index (χ4v) is 4.24. The van der Waals surface area contributed by atoms with Gasteiger partial charge in [-0.05, 0) is 55.7 Å². The maximum atomic E-state index is 13.0. The molecule has 3 rings (SSSR count). The summed E-state index contributed by atoms with van der Waals surface area (Å²) >= 11 is 0. The molecular formula is C23H29N3O2. The van der Waals surface area contributed by atoms with Crippen LogP contribution in [0.2, 0.25) is 0 Å². The van der Waals surface area contributed by atoms with Gasteiger partial charge in [-0.2, -0.15) is 0 Å². The van der Waals surface area contributed by atoms with E-state index in [1.165, 1.54) is 25.7 Å². The molecule has 1 aliphatic rings. The minimum absolute atomic E-state index is 0.173. The second kappa shape index (κ2) is 8.55. The standard InChI is InChI=1S/C23H29N3O2/c1-4-10-23(11-5-2)15-26(16-23)21-20(12-17(3)13-24-21)22(28)25-19-8-6-18(14-27)7-9-19/h6-9,12-14H,4-5,10-11,15-16H2,1-3H3,(H,25,28). The Labute approximate surface area is 167 Å². The Kier molecular flexibility index (Phi) is 6.12. The molecule has 0 atom stereocenters. The summed E-state index contributed by atoms with van der Waals surface area (Å²) in [5, 5.41) is 2.93. The summed E-state index contributed by atoms with van der Waals surface area (Å²) in [6.07, 6.45) is 7.40. The average molecular weight is 380 g/mol. The normalized spacial score (nSPS) is 15.0. The van der Waals surface area contributed by atoms with Crippen molar-refractivity contribution in [2.75, 3.05) is 23.3 Å². The predicted octanol–water partition coefficient (Wildman–Crippen LogP) is 4.86. The minimum Gasteiger partial charge on any atom is -0.355 e. The lowest BCUT2D eigenvalue weighted by molar-refractivity contribution is 0.102. The molecule has 148 valence electrons. The van der Waals surface area contributed by atoms with Gasteiger partial charge in [-0.15, -0.1) is 0 Å². The van der Waals surface area contributed by atoms with Crippen molar-refractivity contribution in [3.63, 3.8) is 0 Å². The van der Waals surface area contributed by atoms with E-state index < -0.39 is 0 Å². The molecule has 0 unspecified atom stereocenters. The maximum absolute atomic E-state index is 13.0. The van der Waals surface area contributed by atoms with Crippen LogP contribution in [0.5, 0.6) is 0 Å². The number of nitrogens with zero attached hydrogens (tertiary/aromatic N) is 2. The summed E-state index contributed by atoms with van der Waals surface area (Å²) in [6, 6.07) is 8.76. The molecule has 0 aliphatic carbocycles. The first-order valence-corrected chi connectivity index (χ1v) is 10.1. The van der Waals surface area contributed by atoms with Gasteiger partial charge < -0.3 is 10.2 Å². The fourth-order valence-electron chi connectivity index (χ4n) is 4.24. The maximum Gasteiger partial charge on any atom is 0.259 e. The second-order valence-electron chi connectivity index (χ2n) is 7.93. The fraction of sp³-hybridized carbons (Fsp3) is 0.435. The zero-order valence-corrected chi connectivity index (χ0v) is 17.0. The van der Waals surface area contributed by atoms with E-state index in [0.717, 1.165) is 30.8 Å². The highest BCUT2D eigenvalue weighted by molar-refractivity contribution is 6.07. The van der Waals surface area contributed by atoms with Crippen LogP contribution < -0.4 is 10.2 Å². The molecule has 1 aromatic carbocycles. The van der Waals surface area contributed by atoms with E-state index in [1.807, 2.05) is 19.2 Å². The third-order valence-electron chi connectivity index (χ3n) is 5.47. The molecule has 0 bridgehead atoms. The molecule has 0 saturated carbocycles. The molecule has 1 N–H and O–H groups in total. The van der Waals surface area contributed by atoms with Gasteiger partial charge in [0.05, 0.1) is 5.56 Å². The van der Waals surface area contributed by atoms with Crippen LogP contribution in [-0.2, 0) is 0 Å². The third-order valence-corrected chi connectivity index (χ3v) is 5.47. The number of carbonyl (C=O) groups is 2. The molecule has 2 aromatic rings. The van der Waals surface area contributed by atoms with Crippen molar-refractivity contribution in [1.29, 1.82) is 0 Å². The number of nitrogens with one attached hydrogen (secondary N) is 1. The monoisotopic (exact) mass is 379 g/mol. The molecular weight excluding hydrogens is 350 g/mol. The van der Waals surface area contributed by atoms with Crippen LogP contribution in [0.15, 0.2) is 36.5 Å². The van der Waals surface area contributed by atoms with Crippen molar-refractivity contribution in [2.24, 2.45) is 5.41 Å². The molecule has 1 amide bonds. The molecule has 5 heteroatoms. The van der Waals surface area contributed by atoms with Crippen LogP contribution in [0.3, 0.4) is 0 Å². The first-order valence-electron chi connectivity index (χ1n) is 10.1. The zero-order chi connectivity index (χ0) is 20.1. The topological polar surface area (TPSA) is 62.3 Å². The Morgan fingerprint density at radius 1 is 1.18 bits per heavy atom. The Balaban J connectivity index is 1.79. The first kappa shape index (κ1) is 20.1. The third kappa shape index (κ3) is 4.24. The molecule has 5 nitrogen and oxygen atoms in total. The largest absolute Gasteiger partial charge is 0.355 e. The SMILES string of the molecule is CCCC1(CCC)CN(c2ncc(C)cc2C(=O)Nc2ccc(C=O)cc2)C1. The van der Waals surface area contributed by atoms with Gasteiger partial charge in [-0.3, -0.25) is 9.59 Å². The van der Waals surface area contributed by atoms with Gasteiger partial charge in [-0.1, -0.05) is 26.7 Å². The van der Waals surface area contributed by atoms with Crippen LogP contribution in [0, 0.1) is 12.3 Å². The molecule has 1 aliphatic heterocycles. The number of amides is 1. The number of anilines is 2. The Morgan fingerprint density at radius 3 is 2.39 bits per heavy atom. The number of hydrogen-bond acceptors (Lipinski definition) is 4. The van der Waals surface area contributed by atoms with Crippen molar-refractivity contribution in [2.45, 2.75) is 46.5 Å². The quantitative estimate of drug-likeness (QED) is 0.665. The van der Waals surface area contributed by atoms with Crippen LogP contribution in [-0.4, -0.2) is 30.3 Å². The molecule has 1 saturated heterocycles. The van der Waals surface area contributed by atoms with E-state index in [2.05, 4.69) is 29.0 Å². The summed E-state index contributed by atoms with van der Waals surface area (Å²) in [7, 11) is 0. The highest BCUT2D eigenvalue weighted by Crippen LogP contribution is 2.42. The number of pyridine rings is 1. The lowest BCUT2D eigenvalue weighted by Crippen LogP contribution is -2.57. The average Bonchev–Trinajstić information content (AvgIpc) is 2.66. The zero-order valence-electron chi connectivity index (χ0n) is 17.0. The van der Waals surface area contributed by atoms with Crippen LogP contribution in [0.4, 0.5) is 11.5 Å². The number of carbonyl (C=O) groups excluding carboxylic acids is 2. The van der Waals surface area contributed by atoms with Gasteiger partial charge in [0.2, 0.25) is 0 Å². The number of rotatable bonds is 8. The summed E-state index contributed by atoms with van der Waals surface area (Å²) in [4.78, 5) is 30.6. The highest BCUT2D eigenvalue weighted by atomic mass is 16.1. The van der Waals surface area contributed by atoms with Gasteiger partial charge >= 0.3 is 0 Å². The number of aromatic nitrogens is 1. The van der Waals surface area contributed by atoms with E-state index in [4.69, 9.17) is 0 Å². The van der Waals surface area contributed by atoms with E-state index in [1.54, 1.807) is 24.3 Å². The van der Waals surface area contributed by atoms with Gasteiger partial charge in [-0.25, -0.2) is 4.98 Å². The summed E-state index contributed by atoms with van der Waals surface area (Å²) < 4.78 is 0. The number of aryl methyl sites for hydroxylation is 1. The Hall–Kier alpha value is -2.69. The lowest BCUT2D eigenvalue weighted by Gasteiger charge is -2.51. The van der Waals surface area contributed by atoms with Crippen molar-refractivity contribution < 1.29 is 9.59 Å². The molecule has 28 heavy (non-hydrogen) atoms. The van der Waals surface area contributed by atoms with Crippen molar-refractivity contribution in [3.8, 4) is 0 Å². The van der Waals surface area contributed by atoms with Crippen LogP contribution in [0.25, 0.3) is 0 Å². The van der Waals surface area contributed by atoms with Gasteiger partial charge in [0.25, 0.3) is 5.91 Å². The van der Waals surface area contributed by atoms with Gasteiger partial charge in [0.15, 0.2) is 0 Å². The highest BCUT2D eigenvalue weighted by Gasteiger charge is 2.42. The van der Waals surface area contributed by atoms with Crippen molar-refractivity contribution in [3.05, 3.63) is 53.2 Å². The van der Waals surface area contributed by atoms with Gasteiger partial charge in [0.1, 0.15) is 12.1 Å². The minimum atomic E-state index is -0.173. The van der Waals surface area contributed by atoms with Crippen molar-refractivity contribution in [1.82, 2.24) is 4.98 Å². The summed E-state index contributed by atoms with van der Waals surface area (Å²) in [5.41, 5.74) is 3.16. The van der Waals surface area contributed by atoms with Gasteiger partial charge in [0, 0.05) is 36.0 Å². The molecule has 2 heterocycles. The van der Waals surface area contributed by atoms with Crippen molar-refractivity contribution >= 4 is 23.7 Å². The lowest BCUT2D eigenvalue weighted by atomic mass is 9.72. The van der Waals surface area contributed by atoms with E-state index in [-0.39, 0.29) is 5.91 Å². The van der Waals surface area contributed by atoms with Crippen LogP contribution in [0.1, 0.15) is 65.8 Å². The number of hydrogen-bond donors (Lipinski definition) is 1.